The minimum atomic E-state index is -0.457. The molecule has 0 aliphatic carbocycles. The van der Waals surface area contributed by atoms with Crippen LogP contribution in [0.4, 0.5) is 5.69 Å². The van der Waals surface area contributed by atoms with Crippen LogP contribution in [0.25, 0.3) is 0 Å². The number of rotatable bonds is 5. The third-order valence-electron chi connectivity index (χ3n) is 3.14. The predicted molar refractivity (Wildman–Crippen MR) is 85.9 cm³/mol. The number of nitrogens with zero attached hydrogens (tertiary/aromatic N) is 2. The van der Waals surface area contributed by atoms with E-state index >= 15 is 0 Å². The molecule has 0 saturated carbocycles. The lowest BCUT2D eigenvalue weighted by molar-refractivity contribution is -0.385. The van der Waals surface area contributed by atoms with Crippen LogP contribution in [0.3, 0.4) is 0 Å². The monoisotopic (exact) mass is 313 g/mol. The maximum Gasteiger partial charge on any atom is 0.272 e. The molecule has 7 heteroatoms. The number of nitro groups is 1. The lowest BCUT2D eigenvalue weighted by Crippen LogP contribution is -2.17. The number of aryl methyl sites for hydroxylation is 1. The van der Waals surface area contributed by atoms with Crippen LogP contribution in [-0.2, 0) is 0 Å². The maximum atomic E-state index is 11.9. The molecule has 2 rings (SSSR count). The molecule has 0 fully saturated rings. The molecule has 0 atom stereocenters. The first-order chi connectivity index (χ1) is 11.0. The zero-order valence-electron chi connectivity index (χ0n) is 12.6. The molecule has 0 aliphatic rings. The highest BCUT2D eigenvalue weighted by Crippen LogP contribution is 2.18. The molecule has 7 nitrogen and oxygen atoms in total. The number of nitrogens with one attached hydrogen (secondary N) is 1. The third kappa shape index (κ3) is 4.13. The van der Waals surface area contributed by atoms with Gasteiger partial charge in [0, 0.05) is 22.8 Å². The summed E-state index contributed by atoms with van der Waals surface area (Å²) in [5.41, 5.74) is 3.86. The largest absolute Gasteiger partial charge is 0.497 e. The molecule has 2 aromatic carbocycles. The predicted octanol–water partition coefficient (Wildman–Crippen LogP) is 2.68. The highest BCUT2D eigenvalue weighted by Gasteiger charge is 2.10. The van der Waals surface area contributed by atoms with Crippen molar-refractivity contribution in [1.29, 1.82) is 0 Å². The van der Waals surface area contributed by atoms with Gasteiger partial charge in [0.1, 0.15) is 5.75 Å². The summed E-state index contributed by atoms with van der Waals surface area (Å²) in [4.78, 5) is 22.4. The van der Waals surface area contributed by atoms with Gasteiger partial charge in [-0.15, -0.1) is 0 Å². The quantitative estimate of drug-likeness (QED) is 0.521. The Morgan fingerprint density at radius 2 is 2.09 bits per heavy atom. The number of carbonyl (C=O) groups excluding carboxylic acids is 1. The zero-order valence-corrected chi connectivity index (χ0v) is 12.6. The first-order valence-electron chi connectivity index (χ1n) is 6.74. The highest BCUT2D eigenvalue weighted by atomic mass is 16.6. The van der Waals surface area contributed by atoms with Crippen molar-refractivity contribution >= 4 is 17.8 Å². The van der Waals surface area contributed by atoms with E-state index in [1.165, 1.54) is 19.4 Å². The second kappa shape index (κ2) is 7.17. The van der Waals surface area contributed by atoms with Crippen LogP contribution in [-0.4, -0.2) is 24.2 Å². The van der Waals surface area contributed by atoms with Gasteiger partial charge in [-0.25, -0.2) is 5.43 Å². The average Bonchev–Trinajstić information content (AvgIpc) is 2.56. The SMILES string of the molecule is COc1cccc(C(=O)N/N=C/c2ccc(C)c([N+](=O)[O-])c2)c1. The van der Waals surface area contributed by atoms with Gasteiger partial charge in [0.2, 0.25) is 0 Å². The number of amides is 1. The molecule has 0 spiro atoms. The second-order valence-corrected chi connectivity index (χ2v) is 4.73. The first kappa shape index (κ1) is 16.2. The van der Waals surface area contributed by atoms with Gasteiger partial charge < -0.3 is 4.74 Å². The van der Waals surface area contributed by atoms with Crippen molar-refractivity contribution in [3.63, 3.8) is 0 Å². The molecule has 1 N–H and O–H groups in total. The summed E-state index contributed by atoms with van der Waals surface area (Å²) in [6.07, 6.45) is 1.35. The molecule has 0 aromatic heterocycles. The standard InChI is InChI=1S/C16H15N3O4/c1-11-6-7-12(8-15(11)19(21)22)10-17-18-16(20)13-4-3-5-14(9-13)23-2/h3-10H,1-2H3,(H,18,20)/b17-10+. The molecular formula is C16H15N3O4. The number of nitro benzene ring substituents is 1. The molecular weight excluding hydrogens is 298 g/mol. The van der Waals surface area contributed by atoms with Crippen LogP contribution in [0, 0.1) is 17.0 Å². The maximum absolute atomic E-state index is 11.9. The molecule has 0 saturated heterocycles. The minimum absolute atomic E-state index is 0.00747. The summed E-state index contributed by atoms with van der Waals surface area (Å²) in [5.74, 6) is 0.164. The number of benzene rings is 2. The summed E-state index contributed by atoms with van der Waals surface area (Å²) in [7, 11) is 1.51. The minimum Gasteiger partial charge on any atom is -0.497 e. The lowest BCUT2D eigenvalue weighted by atomic mass is 10.1. The van der Waals surface area contributed by atoms with Crippen LogP contribution in [0.2, 0.25) is 0 Å². The Balaban J connectivity index is 2.08. The van der Waals surface area contributed by atoms with Gasteiger partial charge >= 0.3 is 0 Å². The fraction of sp³-hybridized carbons (Fsp3) is 0.125. The van der Waals surface area contributed by atoms with Gasteiger partial charge in [0.25, 0.3) is 11.6 Å². The Hall–Kier alpha value is -3.22. The van der Waals surface area contributed by atoms with Crippen molar-refractivity contribution in [3.8, 4) is 5.75 Å². The molecule has 2 aromatic rings. The van der Waals surface area contributed by atoms with Gasteiger partial charge in [-0.05, 0) is 25.1 Å². The second-order valence-electron chi connectivity index (χ2n) is 4.73. The van der Waals surface area contributed by atoms with Crippen LogP contribution >= 0.6 is 0 Å². The Bertz CT molecular complexity index is 772. The molecule has 23 heavy (non-hydrogen) atoms. The van der Waals surface area contributed by atoms with Crippen molar-refractivity contribution in [1.82, 2.24) is 5.43 Å². The Labute approximate surface area is 132 Å². The smallest absolute Gasteiger partial charge is 0.272 e. The Kier molecular flexibility index (Phi) is 5.03. The molecule has 0 bridgehead atoms. The fourth-order valence-corrected chi connectivity index (χ4v) is 1.90. The van der Waals surface area contributed by atoms with Crippen molar-refractivity contribution in [2.75, 3.05) is 7.11 Å². The van der Waals surface area contributed by atoms with Crippen LogP contribution in [0.1, 0.15) is 21.5 Å². The lowest BCUT2D eigenvalue weighted by Gasteiger charge is -2.03. The summed E-state index contributed by atoms with van der Waals surface area (Å²) in [5, 5.41) is 14.7. The van der Waals surface area contributed by atoms with E-state index in [2.05, 4.69) is 10.5 Å². The number of ether oxygens (including phenoxy) is 1. The summed E-state index contributed by atoms with van der Waals surface area (Å²) in [6, 6.07) is 11.3. The van der Waals surface area contributed by atoms with Gasteiger partial charge in [-0.3, -0.25) is 14.9 Å². The zero-order chi connectivity index (χ0) is 16.8. The van der Waals surface area contributed by atoms with Crippen LogP contribution in [0.15, 0.2) is 47.6 Å². The van der Waals surface area contributed by atoms with Crippen molar-refractivity contribution in [3.05, 3.63) is 69.3 Å². The topological polar surface area (TPSA) is 93.8 Å². The summed E-state index contributed by atoms with van der Waals surface area (Å²) in [6.45, 7) is 1.66. The van der Waals surface area contributed by atoms with Crippen LogP contribution in [0.5, 0.6) is 5.75 Å². The number of methoxy groups -OCH3 is 1. The number of hydrazone groups is 1. The summed E-state index contributed by atoms with van der Waals surface area (Å²) >= 11 is 0. The number of hydrogen-bond acceptors (Lipinski definition) is 5. The van der Waals surface area contributed by atoms with E-state index in [1.54, 1.807) is 43.3 Å². The van der Waals surface area contributed by atoms with E-state index in [0.29, 0.717) is 22.4 Å². The van der Waals surface area contributed by atoms with E-state index in [0.717, 1.165) is 0 Å². The normalized spacial score (nSPS) is 10.5. The molecule has 0 radical (unpaired) electrons. The summed E-state index contributed by atoms with van der Waals surface area (Å²) < 4.78 is 5.04. The average molecular weight is 313 g/mol. The highest BCUT2D eigenvalue weighted by molar-refractivity contribution is 5.95. The molecule has 118 valence electrons. The molecule has 0 unspecified atom stereocenters. The van der Waals surface area contributed by atoms with Crippen molar-refractivity contribution < 1.29 is 14.5 Å². The van der Waals surface area contributed by atoms with Crippen molar-refractivity contribution in [2.24, 2.45) is 5.10 Å². The third-order valence-corrected chi connectivity index (χ3v) is 3.14. The number of carbonyl (C=O) groups is 1. The van der Waals surface area contributed by atoms with Crippen LogP contribution < -0.4 is 10.2 Å². The molecule has 1 amide bonds. The van der Waals surface area contributed by atoms with Gasteiger partial charge in [-0.2, -0.15) is 5.10 Å². The van der Waals surface area contributed by atoms with Gasteiger partial charge in [-0.1, -0.05) is 18.2 Å². The molecule has 0 aliphatic heterocycles. The van der Waals surface area contributed by atoms with E-state index in [4.69, 9.17) is 4.74 Å². The first-order valence-corrected chi connectivity index (χ1v) is 6.74. The van der Waals surface area contributed by atoms with Gasteiger partial charge in [0.05, 0.1) is 18.2 Å². The fourth-order valence-electron chi connectivity index (χ4n) is 1.90. The van der Waals surface area contributed by atoms with E-state index in [9.17, 15) is 14.9 Å². The van der Waals surface area contributed by atoms with E-state index < -0.39 is 10.8 Å². The van der Waals surface area contributed by atoms with Gasteiger partial charge in [0.15, 0.2) is 0 Å². The van der Waals surface area contributed by atoms with E-state index in [1.807, 2.05) is 0 Å². The van der Waals surface area contributed by atoms with E-state index in [-0.39, 0.29) is 5.69 Å². The number of hydrogen-bond donors (Lipinski definition) is 1. The van der Waals surface area contributed by atoms with Crippen molar-refractivity contribution in [2.45, 2.75) is 6.92 Å². The molecule has 0 heterocycles. The Morgan fingerprint density at radius 3 is 2.78 bits per heavy atom. The Morgan fingerprint density at radius 1 is 1.30 bits per heavy atom.